The summed E-state index contributed by atoms with van der Waals surface area (Å²) < 4.78 is 11.7. The lowest BCUT2D eigenvalue weighted by molar-refractivity contribution is 0.0631. The molecular formula is C17H25NO2. The lowest BCUT2D eigenvalue weighted by Crippen LogP contribution is -2.32. The lowest BCUT2D eigenvalue weighted by atomic mass is 9.84. The number of ether oxygens (including phenoxy) is 2. The van der Waals surface area contributed by atoms with E-state index in [4.69, 9.17) is 9.47 Å². The summed E-state index contributed by atoms with van der Waals surface area (Å²) in [4.78, 5) is 0. The fourth-order valence-electron chi connectivity index (χ4n) is 3.40. The number of fused-ring (bicyclic) bond motifs is 1. The van der Waals surface area contributed by atoms with E-state index in [9.17, 15) is 0 Å². The van der Waals surface area contributed by atoms with E-state index in [-0.39, 0.29) is 17.6 Å². The minimum Gasteiger partial charge on any atom is -0.492 e. The quantitative estimate of drug-likeness (QED) is 0.919. The van der Waals surface area contributed by atoms with Gasteiger partial charge in [-0.25, -0.2) is 0 Å². The topological polar surface area (TPSA) is 30.5 Å². The fourth-order valence-corrected chi connectivity index (χ4v) is 3.40. The number of nitrogens with one attached hydrogen (secondary N) is 1. The predicted molar refractivity (Wildman–Crippen MR) is 80.3 cm³/mol. The summed E-state index contributed by atoms with van der Waals surface area (Å²) in [5.74, 6) is 1.64. The normalized spacial score (nSPS) is 29.0. The third-order valence-electron chi connectivity index (χ3n) is 4.76. The molecule has 1 aromatic rings. The maximum atomic E-state index is 5.95. The van der Waals surface area contributed by atoms with Crippen molar-refractivity contribution < 1.29 is 9.47 Å². The van der Waals surface area contributed by atoms with Crippen molar-refractivity contribution in [3.63, 3.8) is 0 Å². The van der Waals surface area contributed by atoms with Crippen LogP contribution in [0.5, 0.6) is 5.75 Å². The summed E-state index contributed by atoms with van der Waals surface area (Å²) in [7, 11) is 2.02. The Morgan fingerprint density at radius 3 is 2.80 bits per heavy atom. The molecule has 0 aliphatic carbocycles. The molecule has 110 valence electrons. The van der Waals surface area contributed by atoms with E-state index in [1.807, 2.05) is 7.05 Å². The van der Waals surface area contributed by atoms with Gasteiger partial charge in [0.15, 0.2) is 0 Å². The molecule has 1 aromatic carbocycles. The summed E-state index contributed by atoms with van der Waals surface area (Å²) >= 11 is 0. The molecule has 1 N–H and O–H groups in total. The van der Waals surface area contributed by atoms with Gasteiger partial charge in [-0.1, -0.05) is 26.8 Å². The molecule has 2 aliphatic heterocycles. The zero-order chi connectivity index (χ0) is 14.3. The van der Waals surface area contributed by atoms with E-state index in [0.717, 1.165) is 25.4 Å². The number of hydrogen-bond acceptors (Lipinski definition) is 3. The lowest BCUT2D eigenvalue weighted by Gasteiger charge is -2.27. The van der Waals surface area contributed by atoms with Gasteiger partial charge in [0.05, 0.1) is 18.8 Å². The third kappa shape index (κ3) is 2.23. The number of benzene rings is 1. The van der Waals surface area contributed by atoms with Crippen LogP contribution in [-0.2, 0) is 10.2 Å². The first-order valence-electron chi connectivity index (χ1n) is 7.59. The Hall–Kier alpha value is -1.06. The Labute approximate surface area is 121 Å². The van der Waals surface area contributed by atoms with Crippen LogP contribution < -0.4 is 10.1 Å². The molecule has 0 spiro atoms. The van der Waals surface area contributed by atoms with Crippen molar-refractivity contribution in [3.05, 3.63) is 29.3 Å². The van der Waals surface area contributed by atoms with E-state index in [2.05, 4.69) is 44.3 Å². The summed E-state index contributed by atoms with van der Waals surface area (Å²) in [6.45, 7) is 8.41. The molecule has 3 unspecified atom stereocenters. The molecule has 2 aliphatic rings. The van der Waals surface area contributed by atoms with Gasteiger partial charge in [0.25, 0.3) is 0 Å². The van der Waals surface area contributed by atoms with Crippen molar-refractivity contribution >= 4 is 0 Å². The van der Waals surface area contributed by atoms with Crippen molar-refractivity contribution in [2.24, 2.45) is 5.92 Å². The second-order valence-electron chi connectivity index (χ2n) is 6.80. The second kappa shape index (κ2) is 5.05. The average molecular weight is 275 g/mol. The molecule has 3 atom stereocenters. The first-order chi connectivity index (χ1) is 9.53. The van der Waals surface area contributed by atoms with Crippen molar-refractivity contribution in [2.45, 2.75) is 44.8 Å². The van der Waals surface area contributed by atoms with Crippen LogP contribution in [-0.4, -0.2) is 26.4 Å². The maximum Gasteiger partial charge on any atom is 0.123 e. The molecule has 1 fully saturated rings. The van der Waals surface area contributed by atoms with Gasteiger partial charge in [-0.2, -0.15) is 0 Å². The van der Waals surface area contributed by atoms with Crippen molar-refractivity contribution in [1.29, 1.82) is 0 Å². The first-order valence-corrected chi connectivity index (χ1v) is 7.59. The molecule has 2 heterocycles. The van der Waals surface area contributed by atoms with Crippen molar-refractivity contribution in [3.8, 4) is 5.75 Å². The van der Waals surface area contributed by atoms with Gasteiger partial charge in [0.1, 0.15) is 5.75 Å². The van der Waals surface area contributed by atoms with Crippen LogP contribution in [0.1, 0.15) is 44.4 Å². The van der Waals surface area contributed by atoms with Crippen LogP contribution >= 0.6 is 0 Å². The zero-order valence-electron chi connectivity index (χ0n) is 12.9. The van der Waals surface area contributed by atoms with Gasteiger partial charge >= 0.3 is 0 Å². The van der Waals surface area contributed by atoms with Crippen LogP contribution in [0, 0.1) is 5.92 Å². The molecule has 3 nitrogen and oxygen atoms in total. The van der Waals surface area contributed by atoms with E-state index >= 15 is 0 Å². The summed E-state index contributed by atoms with van der Waals surface area (Å²) in [6.07, 6.45) is 1.42. The molecule has 0 radical (unpaired) electrons. The molecule has 1 saturated heterocycles. The Morgan fingerprint density at radius 1 is 1.35 bits per heavy atom. The number of rotatable bonds is 3. The van der Waals surface area contributed by atoms with Crippen LogP contribution in [0.15, 0.2) is 18.2 Å². The van der Waals surface area contributed by atoms with Crippen LogP contribution in [0.4, 0.5) is 0 Å². The fraction of sp³-hybridized carbons (Fsp3) is 0.647. The summed E-state index contributed by atoms with van der Waals surface area (Å²) in [5, 5.41) is 3.44. The minimum absolute atomic E-state index is 0.103. The van der Waals surface area contributed by atoms with Crippen LogP contribution in [0.2, 0.25) is 0 Å². The van der Waals surface area contributed by atoms with Crippen LogP contribution in [0.3, 0.4) is 0 Å². The van der Waals surface area contributed by atoms with Gasteiger partial charge < -0.3 is 14.8 Å². The molecule has 3 rings (SSSR count). The molecule has 0 saturated carbocycles. The highest BCUT2D eigenvalue weighted by Gasteiger charge is 2.35. The highest BCUT2D eigenvalue weighted by molar-refractivity contribution is 5.46. The molecule has 20 heavy (non-hydrogen) atoms. The number of hydrogen-bond donors (Lipinski definition) is 1. The Balaban J connectivity index is 1.93. The van der Waals surface area contributed by atoms with Crippen molar-refractivity contribution in [2.75, 3.05) is 20.3 Å². The van der Waals surface area contributed by atoms with E-state index in [0.29, 0.717) is 5.92 Å². The van der Waals surface area contributed by atoms with E-state index in [1.54, 1.807) is 0 Å². The molecular weight excluding hydrogens is 250 g/mol. The van der Waals surface area contributed by atoms with Crippen LogP contribution in [0.25, 0.3) is 0 Å². The van der Waals surface area contributed by atoms with Gasteiger partial charge in [0.2, 0.25) is 0 Å². The summed E-state index contributed by atoms with van der Waals surface area (Å²) in [5.41, 5.74) is 2.73. The number of likely N-dealkylation sites (N-methyl/N-ethyl adjacent to an activating group) is 1. The molecule has 0 bridgehead atoms. The SMILES string of the molecule is CNC(c1ccc2c(c1)C(C)(C)CO2)C1OCCC1C. The van der Waals surface area contributed by atoms with E-state index in [1.165, 1.54) is 11.1 Å². The predicted octanol–water partition coefficient (Wildman–Crippen LogP) is 3.04. The average Bonchev–Trinajstić information content (AvgIpc) is 2.96. The zero-order valence-corrected chi connectivity index (χ0v) is 12.9. The second-order valence-corrected chi connectivity index (χ2v) is 6.80. The largest absolute Gasteiger partial charge is 0.492 e. The third-order valence-corrected chi connectivity index (χ3v) is 4.76. The molecule has 0 amide bonds. The van der Waals surface area contributed by atoms with E-state index < -0.39 is 0 Å². The van der Waals surface area contributed by atoms with Gasteiger partial charge in [-0.05, 0) is 37.1 Å². The maximum absolute atomic E-state index is 5.95. The summed E-state index contributed by atoms with van der Waals surface area (Å²) in [6, 6.07) is 6.85. The highest BCUT2D eigenvalue weighted by Crippen LogP contribution is 2.41. The van der Waals surface area contributed by atoms with Gasteiger partial charge in [0, 0.05) is 17.6 Å². The standard InChI is InChI=1S/C17H25NO2/c1-11-7-8-19-16(11)15(18-4)12-5-6-14-13(9-12)17(2,3)10-20-14/h5-6,9,11,15-16,18H,7-8,10H2,1-4H3. The minimum atomic E-state index is 0.103. The van der Waals surface area contributed by atoms with Crippen molar-refractivity contribution in [1.82, 2.24) is 5.32 Å². The highest BCUT2D eigenvalue weighted by atomic mass is 16.5. The Kier molecular flexibility index (Phi) is 3.51. The molecule has 3 heteroatoms. The smallest absolute Gasteiger partial charge is 0.123 e. The Morgan fingerprint density at radius 2 is 2.15 bits per heavy atom. The Bertz CT molecular complexity index is 498. The van der Waals surface area contributed by atoms with Gasteiger partial charge in [-0.3, -0.25) is 0 Å². The van der Waals surface area contributed by atoms with Gasteiger partial charge in [-0.15, -0.1) is 0 Å². The molecule has 0 aromatic heterocycles. The monoisotopic (exact) mass is 275 g/mol. The first kappa shape index (κ1) is 13.9.